The minimum absolute atomic E-state index is 0.00731. The van der Waals surface area contributed by atoms with Crippen LogP contribution in [-0.2, 0) is 24.4 Å². The number of ether oxygens (including phenoxy) is 1. The number of imidazole rings is 1. The number of carbonyl (C=O) groups is 1. The monoisotopic (exact) mass is 507 g/mol. The highest BCUT2D eigenvalue weighted by atomic mass is 35.5. The number of fused-ring (bicyclic) bond motifs is 2. The zero-order valence-electron chi connectivity index (χ0n) is 19.5. The number of hydrogen-bond donors (Lipinski definition) is 2. The van der Waals surface area contributed by atoms with Gasteiger partial charge in [0.1, 0.15) is 5.52 Å². The molecule has 4 aromatic heterocycles. The Morgan fingerprint density at radius 2 is 2.19 bits per heavy atom. The maximum absolute atomic E-state index is 14.4. The van der Waals surface area contributed by atoms with E-state index in [-0.39, 0.29) is 22.8 Å². The maximum Gasteiger partial charge on any atom is 0.273 e. The molecule has 184 valence electrons. The second-order valence-electron chi connectivity index (χ2n) is 9.00. The van der Waals surface area contributed by atoms with E-state index in [4.69, 9.17) is 16.3 Å². The predicted molar refractivity (Wildman–Crippen MR) is 131 cm³/mol. The van der Waals surface area contributed by atoms with Crippen molar-refractivity contribution in [3.63, 3.8) is 0 Å². The molecule has 0 aliphatic heterocycles. The van der Waals surface area contributed by atoms with Gasteiger partial charge in [-0.05, 0) is 36.5 Å². The number of halogens is 2. The Balaban J connectivity index is 1.19. The van der Waals surface area contributed by atoms with Crippen LogP contribution in [0.1, 0.15) is 51.8 Å². The van der Waals surface area contributed by atoms with Gasteiger partial charge in [0.25, 0.3) is 5.91 Å². The number of H-pyrrole nitrogens is 1. The Hall–Kier alpha value is -3.76. The van der Waals surface area contributed by atoms with Gasteiger partial charge < -0.3 is 19.4 Å². The van der Waals surface area contributed by atoms with Gasteiger partial charge in [-0.2, -0.15) is 0 Å². The number of hydrogen-bond acceptors (Lipinski definition) is 5. The van der Waals surface area contributed by atoms with Crippen LogP contribution < -0.4 is 5.32 Å². The summed E-state index contributed by atoms with van der Waals surface area (Å²) in [5.74, 6) is -0.356. The molecule has 1 aromatic carbocycles. The second-order valence-corrected chi connectivity index (χ2v) is 9.41. The highest BCUT2D eigenvalue weighted by Gasteiger charge is 2.24. The van der Waals surface area contributed by atoms with Crippen LogP contribution in [-0.4, -0.2) is 42.4 Å². The lowest BCUT2D eigenvalue weighted by molar-refractivity contribution is 0.0945. The van der Waals surface area contributed by atoms with E-state index >= 15 is 0 Å². The minimum atomic E-state index is -0.582. The highest BCUT2D eigenvalue weighted by molar-refractivity contribution is 6.31. The maximum atomic E-state index is 14.4. The topological polar surface area (TPSA) is 102 Å². The van der Waals surface area contributed by atoms with Gasteiger partial charge in [0, 0.05) is 35.5 Å². The number of methoxy groups -OCH3 is 1. The van der Waals surface area contributed by atoms with Crippen molar-refractivity contribution in [1.82, 2.24) is 34.7 Å². The van der Waals surface area contributed by atoms with Gasteiger partial charge in [-0.3, -0.25) is 4.79 Å². The number of nitrogens with zero attached hydrogens (tertiary/aromatic N) is 5. The van der Waals surface area contributed by atoms with Gasteiger partial charge in [0.15, 0.2) is 11.5 Å². The lowest BCUT2D eigenvalue weighted by Crippen LogP contribution is -2.23. The fraction of sp³-hybridized carbons (Fsp3) is 0.280. The van der Waals surface area contributed by atoms with E-state index in [2.05, 4.69) is 43.8 Å². The molecule has 1 saturated carbocycles. The van der Waals surface area contributed by atoms with E-state index in [0.717, 1.165) is 22.2 Å². The van der Waals surface area contributed by atoms with Gasteiger partial charge in [-0.15, -0.1) is 5.10 Å². The van der Waals surface area contributed by atoms with Crippen molar-refractivity contribution in [3.05, 3.63) is 82.0 Å². The van der Waals surface area contributed by atoms with Gasteiger partial charge in [-0.25, -0.2) is 14.1 Å². The molecule has 1 aliphatic rings. The number of nitrogens with one attached hydrogen (secondary N) is 2. The minimum Gasteiger partial charge on any atom is -0.380 e. The third kappa shape index (κ3) is 4.12. The first-order valence-electron chi connectivity index (χ1n) is 11.6. The summed E-state index contributed by atoms with van der Waals surface area (Å²) in [5.41, 5.74) is 5.17. The molecule has 0 unspecified atom stereocenters. The Morgan fingerprint density at radius 1 is 1.33 bits per heavy atom. The van der Waals surface area contributed by atoms with E-state index in [0.29, 0.717) is 24.8 Å². The Labute approximate surface area is 210 Å². The van der Waals surface area contributed by atoms with Gasteiger partial charge in [-0.1, -0.05) is 28.9 Å². The van der Waals surface area contributed by atoms with Crippen molar-refractivity contribution in [2.24, 2.45) is 0 Å². The summed E-state index contributed by atoms with van der Waals surface area (Å²) in [4.78, 5) is 20.4. The standard InChI is InChI=1S/C25H23ClFN7O2/c1-36-12-17-16-5-4-15(14-2-3-14)8-19(16)30-21(17)10-34-11-22(31-32-34)25(35)28-9-20-24-23(27)18(26)6-7-33(24)13-29-20/h4-8,11,13-14,30H,2-3,9-10,12H2,1H3,(H,28,35). The third-order valence-electron chi connectivity index (χ3n) is 6.53. The lowest BCUT2D eigenvalue weighted by atomic mass is 10.1. The number of amides is 1. The van der Waals surface area contributed by atoms with Gasteiger partial charge in [0.05, 0.1) is 42.9 Å². The fourth-order valence-electron chi connectivity index (χ4n) is 4.55. The molecule has 5 aromatic rings. The van der Waals surface area contributed by atoms with Crippen LogP contribution >= 0.6 is 11.6 Å². The lowest BCUT2D eigenvalue weighted by Gasteiger charge is -2.04. The molecule has 4 heterocycles. The van der Waals surface area contributed by atoms with Crippen LogP contribution in [0.25, 0.3) is 16.4 Å². The molecule has 2 N–H and O–H groups in total. The zero-order valence-corrected chi connectivity index (χ0v) is 20.2. The van der Waals surface area contributed by atoms with E-state index in [1.165, 1.54) is 35.2 Å². The third-order valence-corrected chi connectivity index (χ3v) is 6.82. The van der Waals surface area contributed by atoms with Crippen LogP contribution in [0.2, 0.25) is 5.02 Å². The smallest absolute Gasteiger partial charge is 0.273 e. The largest absolute Gasteiger partial charge is 0.380 e. The molecule has 11 heteroatoms. The first kappa shape index (κ1) is 22.7. The van der Waals surface area contributed by atoms with E-state index < -0.39 is 11.7 Å². The highest BCUT2D eigenvalue weighted by Crippen LogP contribution is 2.41. The zero-order chi connectivity index (χ0) is 24.8. The molecule has 0 spiro atoms. The number of aromatic nitrogens is 6. The van der Waals surface area contributed by atoms with Crippen LogP contribution in [0.15, 0.2) is 43.0 Å². The van der Waals surface area contributed by atoms with E-state index in [1.54, 1.807) is 24.2 Å². The predicted octanol–water partition coefficient (Wildman–Crippen LogP) is 4.20. The Morgan fingerprint density at radius 3 is 3.00 bits per heavy atom. The summed E-state index contributed by atoms with van der Waals surface area (Å²) in [6.45, 7) is 0.879. The number of pyridine rings is 1. The molecule has 9 nitrogen and oxygen atoms in total. The Kier molecular flexibility index (Phi) is 5.69. The molecule has 6 rings (SSSR count). The van der Waals surface area contributed by atoms with Crippen LogP contribution in [0, 0.1) is 5.82 Å². The van der Waals surface area contributed by atoms with E-state index in [9.17, 15) is 9.18 Å². The van der Waals surface area contributed by atoms with Crippen LogP contribution in [0.3, 0.4) is 0 Å². The molecule has 1 fully saturated rings. The van der Waals surface area contributed by atoms with Crippen molar-refractivity contribution in [1.29, 1.82) is 0 Å². The van der Waals surface area contributed by atoms with E-state index in [1.807, 2.05) is 0 Å². The fourth-order valence-corrected chi connectivity index (χ4v) is 4.70. The molecular formula is C25H23ClFN7O2. The van der Waals surface area contributed by atoms with Gasteiger partial charge in [0.2, 0.25) is 0 Å². The summed E-state index contributed by atoms with van der Waals surface area (Å²) in [6.07, 6.45) is 7.15. The molecule has 36 heavy (non-hydrogen) atoms. The first-order chi connectivity index (χ1) is 17.5. The first-order valence-corrected chi connectivity index (χ1v) is 12.0. The molecule has 1 amide bonds. The summed E-state index contributed by atoms with van der Waals surface area (Å²) < 4.78 is 23.0. The summed E-state index contributed by atoms with van der Waals surface area (Å²) in [6, 6.07) is 8.00. The quantitative estimate of drug-likeness (QED) is 0.328. The van der Waals surface area contributed by atoms with Crippen LogP contribution in [0.4, 0.5) is 4.39 Å². The number of aromatic amines is 1. The number of rotatable bonds is 8. The molecular weight excluding hydrogens is 485 g/mol. The van der Waals surface area contributed by atoms with Crippen molar-refractivity contribution in [2.75, 3.05) is 7.11 Å². The average Bonchev–Trinajstić information content (AvgIpc) is 3.33. The molecule has 0 radical (unpaired) electrons. The van der Waals surface area contributed by atoms with Crippen LogP contribution in [0.5, 0.6) is 0 Å². The van der Waals surface area contributed by atoms with Crippen molar-refractivity contribution in [3.8, 4) is 0 Å². The summed E-state index contributed by atoms with van der Waals surface area (Å²) >= 11 is 5.89. The van der Waals surface area contributed by atoms with Gasteiger partial charge >= 0.3 is 0 Å². The van der Waals surface area contributed by atoms with Crippen molar-refractivity contribution >= 4 is 33.9 Å². The summed E-state index contributed by atoms with van der Waals surface area (Å²) in [7, 11) is 1.67. The molecule has 0 bridgehead atoms. The van der Waals surface area contributed by atoms with Crippen molar-refractivity contribution < 1.29 is 13.9 Å². The Bertz CT molecular complexity index is 1600. The number of carbonyl (C=O) groups excluding carboxylic acids is 1. The summed E-state index contributed by atoms with van der Waals surface area (Å²) in [5, 5.41) is 12.0. The molecule has 0 saturated heterocycles. The second kappa shape index (κ2) is 9.03. The van der Waals surface area contributed by atoms with Crippen molar-refractivity contribution in [2.45, 2.75) is 38.5 Å². The molecule has 1 aliphatic carbocycles. The average molecular weight is 508 g/mol. The number of benzene rings is 1. The normalized spacial score (nSPS) is 13.6. The molecule has 0 atom stereocenters. The SMILES string of the molecule is COCc1c(Cn2cc(C(=O)NCc3ncn4ccc(Cl)c(F)c34)nn2)[nH]c2cc(C3CC3)ccc12.